The molecule has 0 spiro atoms. The van der Waals surface area contributed by atoms with Gasteiger partial charge in [0, 0.05) is 19.1 Å². The van der Waals surface area contributed by atoms with E-state index in [2.05, 4.69) is 67.6 Å². The first-order chi connectivity index (χ1) is 11.1. The fraction of sp³-hybridized carbons (Fsp3) is 0.350. The standard InChI is InChI=1S/C20H25N3/c1-4-16-8-10-19(11-9-16)20(23(2)3)15-22-14-18-7-5-6-17(12-18)13-21/h5-12,20,22H,4,14-15H2,1-3H3. The molecule has 0 bridgehead atoms. The van der Waals surface area contributed by atoms with Crippen LogP contribution in [0.3, 0.4) is 0 Å². The van der Waals surface area contributed by atoms with Gasteiger partial charge in [0.2, 0.25) is 0 Å². The molecule has 0 radical (unpaired) electrons. The Balaban J connectivity index is 1.98. The van der Waals surface area contributed by atoms with Crippen molar-refractivity contribution >= 4 is 0 Å². The van der Waals surface area contributed by atoms with Crippen LogP contribution in [0.2, 0.25) is 0 Å². The molecule has 0 heterocycles. The monoisotopic (exact) mass is 307 g/mol. The number of nitrogens with zero attached hydrogens (tertiary/aromatic N) is 2. The van der Waals surface area contributed by atoms with Crippen molar-refractivity contribution in [3.8, 4) is 6.07 Å². The quantitative estimate of drug-likeness (QED) is 0.851. The summed E-state index contributed by atoms with van der Waals surface area (Å²) in [4.78, 5) is 2.24. The Bertz CT molecular complexity index is 653. The van der Waals surface area contributed by atoms with Gasteiger partial charge in [-0.05, 0) is 49.3 Å². The van der Waals surface area contributed by atoms with Crippen LogP contribution in [-0.4, -0.2) is 25.5 Å². The molecule has 0 saturated carbocycles. The molecule has 0 aliphatic rings. The molecule has 2 rings (SSSR count). The molecule has 0 aromatic heterocycles. The van der Waals surface area contributed by atoms with E-state index in [9.17, 15) is 0 Å². The summed E-state index contributed by atoms with van der Waals surface area (Å²) in [5.41, 5.74) is 4.55. The molecule has 0 aliphatic carbocycles. The number of hydrogen-bond donors (Lipinski definition) is 1. The molecule has 1 unspecified atom stereocenters. The lowest BCUT2D eigenvalue weighted by Crippen LogP contribution is -2.30. The van der Waals surface area contributed by atoms with Crippen molar-refractivity contribution in [1.29, 1.82) is 5.26 Å². The summed E-state index contributed by atoms with van der Waals surface area (Å²) in [6.07, 6.45) is 1.07. The molecule has 2 aromatic carbocycles. The number of nitriles is 1. The molecule has 120 valence electrons. The SMILES string of the molecule is CCc1ccc(C(CNCc2cccc(C#N)c2)N(C)C)cc1. The number of nitrogens with one attached hydrogen (secondary N) is 1. The summed E-state index contributed by atoms with van der Waals surface area (Å²) >= 11 is 0. The smallest absolute Gasteiger partial charge is 0.0991 e. The van der Waals surface area contributed by atoms with Gasteiger partial charge in [-0.3, -0.25) is 0 Å². The Morgan fingerprint density at radius 1 is 1.09 bits per heavy atom. The molecular weight excluding hydrogens is 282 g/mol. The maximum atomic E-state index is 8.96. The number of benzene rings is 2. The molecular formula is C20H25N3. The van der Waals surface area contributed by atoms with E-state index >= 15 is 0 Å². The zero-order chi connectivity index (χ0) is 16.7. The van der Waals surface area contributed by atoms with Gasteiger partial charge in [0.1, 0.15) is 0 Å². The van der Waals surface area contributed by atoms with E-state index < -0.39 is 0 Å². The van der Waals surface area contributed by atoms with Crippen LogP contribution in [0.4, 0.5) is 0 Å². The molecule has 0 aliphatic heterocycles. The summed E-state index contributed by atoms with van der Waals surface area (Å²) < 4.78 is 0. The van der Waals surface area contributed by atoms with Gasteiger partial charge in [0.15, 0.2) is 0 Å². The van der Waals surface area contributed by atoms with Crippen LogP contribution in [0.1, 0.15) is 35.2 Å². The topological polar surface area (TPSA) is 39.1 Å². The van der Waals surface area contributed by atoms with Crippen LogP contribution < -0.4 is 5.32 Å². The first-order valence-corrected chi connectivity index (χ1v) is 8.09. The Kier molecular flexibility index (Phi) is 6.34. The van der Waals surface area contributed by atoms with Crippen molar-refractivity contribution in [2.24, 2.45) is 0 Å². The second-order valence-electron chi connectivity index (χ2n) is 6.02. The van der Waals surface area contributed by atoms with E-state index in [-0.39, 0.29) is 0 Å². The van der Waals surface area contributed by atoms with Crippen LogP contribution in [0.15, 0.2) is 48.5 Å². The summed E-state index contributed by atoms with van der Waals surface area (Å²) in [5, 5.41) is 12.5. The minimum atomic E-state index is 0.333. The zero-order valence-electron chi connectivity index (χ0n) is 14.2. The van der Waals surface area contributed by atoms with Crippen LogP contribution >= 0.6 is 0 Å². The first kappa shape index (κ1) is 17.2. The molecule has 2 aromatic rings. The predicted molar refractivity (Wildman–Crippen MR) is 95.1 cm³/mol. The van der Waals surface area contributed by atoms with Crippen molar-refractivity contribution in [1.82, 2.24) is 10.2 Å². The minimum absolute atomic E-state index is 0.333. The van der Waals surface area contributed by atoms with Crippen molar-refractivity contribution in [3.63, 3.8) is 0 Å². The lowest BCUT2D eigenvalue weighted by molar-refractivity contribution is 0.288. The lowest BCUT2D eigenvalue weighted by atomic mass is 10.0. The van der Waals surface area contributed by atoms with E-state index in [1.807, 2.05) is 18.2 Å². The maximum absolute atomic E-state index is 8.96. The fourth-order valence-corrected chi connectivity index (χ4v) is 2.68. The number of aryl methyl sites for hydroxylation is 1. The third-order valence-corrected chi connectivity index (χ3v) is 4.12. The first-order valence-electron chi connectivity index (χ1n) is 8.09. The Hall–Kier alpha value is -2.15. The van der Waals surface area contributed by atoms with Crippen LogP contribution in [-0.2, 0) is 13.0 Å². The van der Waals surface area contributed by atoms with E-state index in [0.29, 0.717) is 11.6 Å². The molecule has 1 atom stereocenters. The van der Waals surface area contributed by atoms with Crippen molar-refractivity contribution in [3.05, 3.63) is 70.8 Å². The summed E-state index contributed by atoms with van der Waals surface area (Å²) in [6, 6.07) is 19.1. The molecule has 1 N–H and O–H groups in total. The highest BCUT2D eigenvalue weighted by Crippen LogP contribution is 2.18. The van der Waals surface area contributed by atoms with Crippen LogP contribution in [0, 0.1) is 11.3 Å². The molecule has 0 fully saturated rings. The highest BCUT2D eigenvalue weighted by Gasteiger charge is 2.13. The van der Waals surface area contributed by atoms with E-state index in [0.717, 1.165) is 25.1 Å². The summed E-state index contributed by atoms with van der Waals surface area (Å²) in [6.45, 7) is 3.82. The maximum Gasteiger partial charge on any atom is 0.0991 e. The largest absolute Gasteiger partial charge is 0.311 e. The molecule has 23 heavy (non-hydrogen) atoms. The second-order valence-corrected chi connectivity index (χ2v) is 6.02. The number of hydrogen-bond acceptors (Lipinski definition) is 3. The van der Waals surface area contributed by atoms with Crippen LogP contribution in [0.25, 0.3) is 0 Å². The van der Waals surface area contributed by atoms with Gasteiger partial charge in [-0.15, -0.1) is 0 Å². The zero-order valence-corrected chi connectivity index (χ0v) is 14.2. The predicted octanol–water partition coefficient (Wildman–Crippen LogP) is 3.51. The van der Waals surface area contributed by atoms with Gasteiger partial charge >= 0.3 is 0 Å². The average Bonchev–Trinajstić information content (AvgIpc) is 2.59. The van der Waals surface area contributed by atoms with E-state index in [1.54, 1.807) is 0 Å². The average molecular weight is 307 g/mol. The van der Waals surface area contributed by atoms with Gasteiger partial charge < -0.3 is 10.2 Å². The van der Waals surface area contributed by atoms with E-state index in [1.165, 1.54) is 11.1 Å². The van der Waals surface area contributed by atoms with Crippen LogP contribution in [0.5, 0.6) is 0 Å². The number of likely N-dealkylation sites (N-methyl/N-ethyl adjacent to an activating group) is 1. The number of rotatable bonds is 7. The second kappa shape index (κ2) is 8.47. The Morgan fingerprint density at radius 3 is 2.43 bits per heavy atom. The van der Waals surface area contributed by atoms with Gasteiger partial charge in [0.25, 0.3) is 0 Å². The Morgan fingerprint density at radius 2 is 1.83 bits per heavy atom. The molecule has 3 nitrogen and oxygen atoms in total. The third-order valence-electron chi connectivity index (χ3n) is 4.12. The third kappa shape index (κ3) is 4.92. The lowest BCUT2D eigenvalue weighted by Gasteiger charge is -2.25. The highest BCUT2D eigenvalue weighted by molar-refractivity contribution is 5.32. The molecule has 3 heteroatoms. The Labute approximate surface area is 139 Å². The van der Waals surface area contributed by atoms with Gasteiger partial charge in [0.05, 0.1) is 11.6 Å². The summed E-state index contributed by atoms with van der Waals surface area (Å²) in [7, 11) is 4.22. The van der Waals surface area contributed by atoms with Crippen molar-refractivity contribution < 1.29 is 0 Å². The van der Waals surface area contributed by atoms with Gasteiger partial charge in [-0.2, -0.15) is 5.26 Å². The summed E-state index contributed by atoms with van der Waals surface area (Å²) in [5.74, 6) is 0. The van der Waals surface area contributed by atoms with E-state index in [4.69, 9.17) is 5.26 Å². The minimum Gasteiger partial charge on any atom is -0.311 e. The molecule has 0 amide bonds. The van der Waals surface area contributed by atoms with Crippen molar-refractivity contribution in [2.45, 2.75) is 25.9 Å². The van der Waals surface area contributed by atoms with Gasteiger partial charge in [-0.1, -0.05) is 43.3 Å². The highest BCUT2D eigenvalue weighted by atomic mass is 15.1. The van der Waals surface area contributed by atoms with Gasteiger partial charge in [-0.25, -0.2) is 0 Å². The van der Waals surface area contributed by atoms with Crippen molar-refractivity contribution in [2.75, 3.05) is 20.6 Å². The molecule has 0 saturated heterocycles. The normalized spacial score (nSPS) is 12.1. The fourth-order valence-electron chi connectivity index (χ4n) is 2.68.